The number of carbonyl (C=O) groups excluding carboxylic acids is 1. The SMILES string of the molecule is N[C@@H](C=O)[C@@H](O)[C@@H](O)[C@H](O)CO.[N-]=[N+]=N. The number of aliphatic hydroxyl groups is 4. The van der Waals surface area contributed by atoms with E-state index >= 15 is 0 Å². The van der Waals surface area contributed by atoms with Crippen LogP contribution < -0.4 is 5.73 Å². The molecule has 0 rings (SSSR count). The fourth-order valence-corrected chi connectivity index (χ4v) is 0.644. The number of aliphatic hydroxyl groups excluding tert-OH is 4. The van der Waals surface area contributed by atoms with E-state index in [9.17, 15) is 4.79 Å². The molecule has 0 aliphatic carbocycles. The van der Waals surface area contributed by atoms with Gasteiger partial charge in [-0.1, -0.05) is 0 Å². The molecule has 0 heterocycles. The smallest absolute Gasteiger partial charge is 0.139 e. The molecule has 0 radical (unpaired) electrons. The van der Waals surface area contributed by atoms with Crippen LogP contribution in [0, 0.1) is 5.53 Å². The van der Waals surface area contributed by atoms with Gasteiger partial charge in [0.15, 0.2) is 0 Å². The highest BCUT2D eigenvalue weighted by Gasteiger charge is 2.28. The molecule has 0 bridgehead atoms. The van der Waals surface area contributed by atoms with Crippen molar-refractivity contribution >= 4 is 6.29 Å². The van der Waals surface area contributed by atoms with Crippen molar-refractivity contribution in [1.29, 1.82) is 5.53 Å². The van der Waals surface area contributed by atoms with Gasteiger partial charge < -0.3 is 31.0 Å². The van der Waals surface area contributed by atoms with Gasteiger partial charge in [0.1, 0.15) is 24.6 Å². The summed E-state index contributed by atoms with van der Waals surface area (Å²) >= 11 is 0. The molecular formula is C6H14N4O5. The standard InChI is InChI=1S/C6H13NO5.HN3/c7-3(1-8)5(11)6(12)4(10)2-9;1-3-2/h1,3-6,9-12H,2,7H2;1H/t3-,4+,5+,6-;/m0./s1. The van der Waals surface area contributed by atoms with E-state index in [0.717, 1.165) is 0 Å². The number of nitrogens with two attached hydrogens (primary N) is 1. The Balaban J connectivity index is 0. The largest absolute Gasteiger partial charge is 0.394 e. The fourth-order valence-electron chi connectivity index (χ4n) is 0.644. The maximum Gasteiger partial charge on any atom is 0.139 e. The lowest BCUT2D eigenvalue weighted by Crippen LogP contribution is -2.49. The lowest BCUT2D eigenvalue weighted by Gasteiger charge is -2.23. The second-order valence-electron chi connectivity index (χ2n) is 2.54. The molecule has 0 aliphatic rings. The summed E-state index contributed by atoms with van der Waals surface area (Å²) in [5, 5.41) is 35.2. The number of carbonyl (C=O) groups is 1. The first kappa shape index (κ1) is 16.2. The van der Waals surface area contributed by atoms with Gasteiger partial charge >= 0.3 is 0 Å². The topological polar surface area (TPSA) is 184 Å². The Kier molecular flexibility index (Phi) is 10.1. The van der Waals surface area contributed by atoms with E-state index in [0.29, 0.717) is 0 Å². The molecular weight excluding hydrogens is 208 g/mol. The molecule has 0 fully saturated rings. The van der Waals surface area contributed by atoms with Crippen molar-refractivity contribution < 1.29 is 25.2 Å². The molecule has 9 nitrogen and oxygen atoms in total. The van der Waals surface area contributed by atoms with E-state index in [1.54, 1.807) is 4.91 Å². The quantitative estimate of drug-likeness (QED) is 0.129. The molecule has 0 aromatic rings. The third-order valence-corrected chi connectivity index (χ3v) is 1.48. The molecule has 0 saturated carbocycles. The van der Waals surface area contributed by atoms with Crippen molar-refractivity contribution in [3.05, 3.63) is 10.4 Å². The Morgan fingerprint density at radius 1 is 1.40 bits per heavy atom. The van der Waals surface area contributed by atoms with Gasteiger partial charge in [0, 0.05) is 0 Å². The van der Waals surface area contributed by atoms with Gasteiger partial charge in [-0.05, 0) is 10.4 Å². The van der Waals surface area contributed by atoms with Gasteiger partial charge in [-0.25, -0.2) is 0 Å². The Labute approximate surface area is 85.2 Å². The molecule has 0 aromatic carbocycles. The Hall–Kier alpha value is -1.22. The summed E-state index contributed by atoms with van der Waals surface area (Å²) in [6.07, 6.45) is -4.43. The van der Waals surface area contributed by atoms with E-state index < -0.39 is 31.0 Å². The average molecular weight is 222 g/mol. The summed E-state index contributed by atoms with van der Waals surface area (Å²) in [5.74, 6) is 0. The first-order valence-electron chi connectivity index (χ1n) is 3.83. The highest BCUT2D eigenvalue weighted by Crippen LogP contribution is 2.01. The van der Waals surface area contributed by atoms with Crippen LogP contribution in [0.4, 0.5) is 0 Å². The molecule has 88 valence electrons. The van der Waals surface area contributed by atoms with E-state index in [1.807, 2.05) is 0 Å². The number of nitrogens with one attached hydrogen (secondary N) is 1. The number of rotatable bonds is 5. The van der Waals surface area contributed by atoms with Crippen LogP contribution in [0.5, 0.6) is 0 Å². The summed E-state index contributed by atoms with van der Waals surface area (Å²) in [4.78, 5) is 11.8. The third-order valence-electron chi connectivity index (χ3n) is 1.48. The van der Waals surface area contributed by atoms with Crippen molar-refractivity contribution in [3.8, 4) is 0 Å². The molecule has 4 atom stereocenters. The van der Waals surface area contributed by atoms with Gasteiger partial charge in [0.05, 0.1) is 12.6 Å². The minimum absolute atomic E-state index is 0.248. The third kappa shape index (κ3) is 6.80. The van der Waals surface area contributed by atoms with E-state index in [1.165, 1.54) is 0 Å². The Morgan fingerprint density at radius 2 is 1.80 bits per heavy atom. The van der Waals surface area contributed by atoms with Gasteiger partial charge in [0.2, 0.25) is 0 Å². The maximum absolute atomic E-state index is 10.0. The first-order chi connectivity index (χ1) is 6.95. The second-order valence-corrected chi connectivity index (χ2v) is 2.54. The van der Waals surface area contributed by atoms with Crippen molar-refractivity contribution in [1.82, 2.24) is 0 Å². The number of hydrogen-bond acceptors (Lipinski definition) is 7. The van der Waals surface area contributed by atoms with Gasteiger partial charge in [0.25, 0.3) is 0 Å². The van der Waals surface area contributed by atoms with Crippen molar-refractivity contribution in [2.45, 2.75) is 24.4 Å². The Morgan fingerprint density at radius 3 is 2.07 bits per heavy atom. The van der Waals surface area contributed by atoms with Gasteiger partial charge in [-0.15, -0.1) is 5.53 Å². The lowest BCUT2D eigenvalue weighted by atomic mass is 10.0. The van der Waals surface area contributed by atoms with E-state index in [4.69, 9.17) is 37.2 Å². The molecule has 0 unspecified atom stereocenters. The summed E-state index contributed by atoms with van der Waals surface area (Å²) in [5.41, 5.74) is 17.3. The summed E-state index contributed by atoms with van der Waals surface area (Å²) in [6.45, 7) is -0.705. The zero-order valence-corrected chi connectivity index (χ0v) is 7.76. The van der Waals surface area contributed by atoms with E-state index in [2.05, 4.69) is 0 Å². The van der Waals surface area contributed by atoms with Crippen LogP contribution in [-0.4, -0.2) is 57.7 Å². The highest BCUT2D eigenvalue weighted by atomic mass is 16.4. The number of nitrogens with zero attached hydrogens (tertiary/aromatic N) is 2. The molecule has 0 amide bonds. The number of hydrogen-bond donors (Lipinski definition) is 6. The molecule has 9 heteroatoms. The monoisotopic (exact) mass is 222 g/mol. The predicted molar refractivity (Wildman–Crippen MR) is 48.6 cm³/mol. The minimum Gasteiger partial charge on any atom is -0.394 e. The predicted octanol–water partition coefficient (Wildman–Crippen LogP) is -2.54. The van der Waals surface area contributed by atoms with Crippen molar-refractivity contribution in [2.75, 3.05) is 6.61 Å². The summed E-state index contributed by atoms with van der Waals surface area (Å²) in [7, 11) is 0. The van der Waals surface area contributed by atoms with Crippen molar-refractivity contribution in [3.63, 3.8) is 0 Å². The van der Waals surface area contributed by atoms with Crippen LogP contribution in [0.2, 0.25) is 0 Å². The molecule has 0 spiro atoms. The highest BCUT2D eigenvalue weighted by molar-refractivity contribution is 5.58. The van der Waals surface area contributed by atoms with Crippen molar-refractivity contribution in [2.24, 2.45) is 5.73 Å². The normalized spacial score (nSPS) is 17.4. The van der Waals surface area contributed by atoms with Crippen LogP contribution >= 0.6 is 0 Å². The summed E-state index contributed by atoms with van der Waals surface area (Å²) < 4.78 is 0. The van der Waals surface area contributed by atoms with Crippen LogP contribution in [0.3, 0.4) is 0 Å². The zero-order chi connectivity index (χ0) is 12.4. The molecule has 0 saturated heterocycles. The minimum atomic E-state index is -1.62. The Bertz CT molecular complexity index is 208. The van der Waals surface area contributed by atoms with Crippen LogP contribution in [0.1, 0.15) is 0 Å². The molecule has 7 N–H and O–H groups in total. The van der Waals surface area contributed by atoms with Gasteiger partial charge in [-0.2, -0.15) is 0 Å². The number of aldehydes is 1. The molecule has 0 aromatic heterocycles. The zero-order valence-electron chi connectivity index (χ0n) is 7.76. The fraction of sp³-hybridized carbons (Fsp3) is 0.833. The van der Waals surface area contributed by atoms with Crippen LogP contribution in [0.15, 0.2) is 0 Å². The average Bonchev–Trinajstić information content (AvgIpc) is 2.25. The van der Waals surface area contributed by atoms with Crippen LogP contribution in [0.25, 0.3) is 10.4 Å². The second kappa shape index (κ2) is 9.34. The maximum atomic E-state index is 10.0. The first-order valence-corrected chi connectivity index (χ1v) is 3.83. The van der Waals surface area contributed by atoms with E-state index in [-0.39, 0.29) is 6.29 Å². The molecule has 15 heavy (non-hydrogen) atoms. The lowest BCUT2D eigenvalue weighted by molar-refractivity contribution is -0.118. The summed E-state index contributed by atoms with van der Waals surface area (Å²) in [6, 6.07) is -1.26. The molecule has 0 aliphatic heterocycles. The van der Waals surface area contributed by atoms with Gasteiger partial charge in [-0.3, -0.25) is 0 Å². The van der Waals surface area contributed by atoms with Crippen LogP contribution in [-0.2, 0) is 4.79 Å².